The zero-order chi connectivity index (χ0) is 28.5. The van der Waals surface area contributed by atoms with Gasteiger partial charge >= 0.3 is 0 Å². The largest absolute Gasteiger partial charge is 0.387 e. The van der Waals surface area contributed by atoms with Crippen molar-refractivity contribution in [3.8, 4) is 10.6 Å². The van der Waals surface area contributed by atoms with Crippen molar-refractivity contribution in [1.29, 1.82) is 0 Å². The number of aryl methyl sites for hydroxylation is 1. The molecule has 0 spiro atoms. The summed E-state index contributed by atoms with van der Waals surface area (Å²) in [5.41, 5.74) is 3.22. The predicted molar refractivity (Wildman–Crippen MR) is 163 cm³/mol. The minimum absolute atomic E-state index is 0.197. The summed E-state index contributed by atoms with van der Waals surface area (Å²) < 4.78 is 33.1. The highest BCUT2D eigenvalue weighted by Gasteiger charge is 2.17. The number of hydrogen-bond acceptors (Lipinski definition) is 8. The van der Waals surface area contributed by atoms with Crippen molar-refractivity contribution in [2.24, 2.45) is 5.92 Å². The number of aliphatic hydroxyl groups is 1. The van der Waals surface area contributed by atoms with Gasteiger partial charge in [0, 0.05) is 42.2 Å². The van der Waals surface area contributed by atoms with Gasteiger partial charge in [-0.2, -0.15) is 4.37 Å². The Morgan fingerprint density at radius 1 is 1.00 bits per heavy atom. The van der Waals surface area contributed by atoms with E-state index in [1.165, 1.54) is 43.6 Å². The Morgan fingerprint density at radius 3 is 2.51 bits per heavy atom. The van der Waals surface area contributed by atoms with E-state index in [9.17, 15) is 13.5 Å². The molecule has 2 heterocycles. The Balaban J connectivity index is 1.08. The molecular weight excluding hydrogens is 555 g/mol. The molecule has 2 aromatic carbocycles. The zero-order valence-corrected chi connectivity index (χ0v) is 24.7. The highest BCUT2D eigenvalue weighted by atomic mass is 32.2. The molecule has 10 heteroatoms. The van der Waals surface area contributed by atoms with Crippen LogP contribution in [0.3, 0.4) is 0 Å². The monoisotopic (exact) mass is 591 g/mol. The van der Waals surface area contributed by atoms with Gasteiger partial charge in [0.2, 0.25) is 0 Å². The lowest BCUT2D eigenvalue weighted by molar-refractivity contribution is 0.174. The topological polar surface area (TPSA) is 117 Å². The molecule has 1 aliphatic rings. The van der Waals surface area contributed by atoms with E-state index in [4.69, 9.17) is 0 Å². The lowest BCUT2D eigenvalue weighted by Crippen LogP contribution is -2.23. The summed E-state index contributed by atoms with van der Waals surface area (Å²) in [4.78, 5) is 8.91. The van der Waals surface area contributed by atoms with Gasteiger partial charge in [-0.25, -0.2) is 13.4 Å². The molecule has 216 valence electrons. The van der Waals surface area contributed by atoms with Gasteiger partial charge in [0.1, 0.15) is 10.8 Å². The third-order valence-corrected chi connectivity index (χ3v) is 9.77. The number of rotatable bonds is 14. The average molecular weight is 592 g/mol. The van der Waals surface area contributed by atoms with Crippen LogP contribution < -0.4 is 10.0 Å². The first-order valence-corrected chi connectivity index (χ1v) is 16.6. The maximum atomic E-state index is 13.0. The normalized spacial score (nSPS) is 14.8. The van der Waals surface area contributed by atoms with Gasteiger partial charge in [0.05, 0.1) is 11.0 Å². The van der Waals surface area contributed by atoms with Gasteiger partial charge < -0.3 is 10.4 Å². The standard InChI is InChI=1S/C31H37N5O3S2/c37-29(26-8-4-19-32-21-26)22-33-20-18-24-10-14-27(15-11-24)36-41(38,39)28-16-12-25(13-17-28)31-34-30(35-40-31)9-3-7-23-5-1-2-6-23/h4,8,10-17,19,21,23,29,33,36-37H,1-3,5-7,9,18,20,22H2. The van der Waals surface area contributed by atoms with Crippen molar-refractivity contribution in [1.82, 2.24) is 19.7 Å². The lowest BCUT2D eigenvalue weighted by atomic mass is 10.0. The van der Waals surface area contributed by atoms with Crippen LogP contribution in [-0.4, -0.2) is 41.0 Å². The lowest BCUT2D eigenvalue weighted by Gasteiger charge is -2.12. The van der Waals surface area contributed by atoms with Crippen LogP contribution in [-0.2, 0) is 22.9 Å². The van der Waals surface area contributed by atoms with Gasteiger partial charge in [-0.1, -0.05) is 62.4 Å². The second-order valence-corrected chi connectivity index (χ2v) is 13.1. The first-order chi connectivity index (χ1) is 20.0. The Hall–Kier alpha value is -3.18. The Kier molecular flexibility index (Phi) is 10.1. The molecule has 3 N–H and O–H groups in total. The summed E-state index contributed by atoms with van der Waals surface area (Å²) in [7, 11) is -3.72. The first kappa shape index (κ1) is 29.3. The van der Waals surface area contributed by atoms with Crippen LogP contribution >= 0.6 is 11.5 Å². The van der Waals surface area contributed by atoms with E-state index < -0.39 is 16.1 Å². The number of aliphatic hydroxyl groups excluding tert-OH is 1. The zero-order valence-electron chi connectivity index (χ0n) is 23.1. The van der Waals surface area contributed by atoms with Crippen molar-refractivity contribution in [3.63, 3.8) is 0 Å². The maximum Gasteiger partial charge on any atom is 0.261 e. The average Bonchev–Trinajstić information content (AvgIpc) is 3.69. The molecule has 0 aliphatic heterocycles. The second-order valence-electron chi connectivity index (χ2n) is 10.6. The molecule has 1 fully saturated rings. The molecular formula is C31H37N5O3S2. The predicted octanol–water partition coefficient (Wildman–Crippen LogP) is 5.78. The van der Waals surface area contributed by atoms with E-state index in [0.717, 1.165) is 52.7 Å². The molecule has 1 unspecified atom stereocenters. The minimum Gasteiger partial charge on any atom is -0.387 e. The van der Waals surface area contributed by atoms with Crippen molar-refractivity contribution < 1.29 is 13.5 Å². The number of aromatic nitrogens is 3. The van der Waals surface area contributed by atoms with Crippen LogP contribution in [0.25, 0.3) is 10.6 Å². The number of nitrogens with one attached hydrogen (secondary N) is 2. The fourth-order valence-electron chi connectivity index (χ4n) is 5.21. The maximum absolute atomic E-state index is 13.0. The highest BCUT2D eigenvalue weighted by Crippen LogP contribution is 2.29. The van der Waals surface area contributed by atoms with Crippen molar-refractivity contribution in [2.45, 2.75) is 62.4 Å². The van der Waals surface area contributed by atoms with Crippen LogP contribution in [0.1, 0.15) is 61.6 Å². The van der Waals surface area contributed by atoms with E-state index in [1.807, 2.05) is 18.2 Å². The summed E-state index contributed by atoms with van der Waals surface area (Å²) in [5, 5.41) is 14.3. The van der Waals surface area contributed by atoms with Crippen LogP contribution in [0.5, 0.6) is 0 Å². The van der Waals surface area contributed by atoms with Gasteiger partial charge in [0.15, 0.2) is 0 Å². The molecule has 8 nitrogen and oxygen atoms in total. The van der Waals surface area contributed by atoms with Crippen molar-refractivity contribution in [2.75, 3.05) is 17.8 Å². The second kappa shape index (κ2) is 14.1. The van der Waals surface area contributed by atoms with E-state index in [-0.39, 0.29) is 4.90 Å². The number of benzene rings is 2. The van der Waals surface area contributed by atoms with E-state index >= 15 is 0 Å². The highest BCUT2D eigenvalue weighted by molar-refractivity contribution is 7.92. The molecule has 0 amide bonds. The van der Waals surface area contributed by atoms with Gasteiger partial charge in [-0.3, -0.25) is 9.71 Å². The number of pyridine rings is 1. The molecule has 1 aliphatic carbocycles. The van der Waals surface area contributed by atoms with Gasteiger partial charge in [0.25, 0.3) is 10.0 Å². The van der Waals surface area contributed by atoms with Crippen LogP contribution in [0.15, 0.2) is 78.0 Å². The van der Waals surface area contributed by atoms with Crippen LogP contribution in [0.2, 0.25) is 0 Å². The van der Waals surface area contributed by atoms with Crippen LogP contribution in [0, 0.1) is 5.92 Å². The van der Waals surface area contributed by atoms with Gasteiger partial charge in [-0.15, -0.1) is 0 Å². The fourth-order valence-corrected chi connectivity index (χ4v) is 6.98. The molecule has 4 aromatic rings. The molecule has 0 radical (unpaired) electrons. The molecule has 2 aromatic heterocycles. The summed E-state index contributed by atoms with van der Waals surface area (Å²) in [6.07, 6.45) is 12.2. The third-order valence-electron chi connectivity index (χ3n) is 7.57. The summed E-state index contributed by atoms with van der Waals surface area (Å²) in [6, 6.07) is 17.8. The minimum atomic E-state index is -3.72. The quantitative estimate of drug-likeness (QED) is 0.159. The molecule has 1 atom stereocenters. The molecule has 5 rings (SSSR count). The van der Waals surface area contributed by atoms with Crippen molar-refractivity contribution in [3.05, 3.63) is 90.0 Å². The van der Waals surface area contributed by atoms with E-state index in [1.54, 1.807) is 54.9 Å². The number of anilines is 1. The van der Waals surface area contributed by atoms with Crippen molar-refractivity contribution >= 4 is 27.2 Å². The van der Waals surface area contributed by atoms with Gasteiger partial charge in [-0.05, 0) is 72.7 Å². The summed E-state index contributed by atoms with van der Waals surface area (Å²) in [6.45, 7) is 1.12. The summed E-state index contributed by atoms with van der Waals surface area (Å²) in [5.74, 6) is 1.75. The Morgan fingerprint density at radius 2 is 1.78 bits per heavy atom. The van der Waals surface area contributed by atoms with E-state index in [0.29, 0.717) is 18.8 Å². The number of sulfonamides is 1. The first-order valence-electron chi connectivity index (χ1n) is 14.3. The SMILES string of the molecule is O=S(=O)(Nc1ccc(CCNCC(O)c2cccnc2)cc1)c1ccc(-c2nc(CCCC3CCCC3)ns2)cc1. The van der Waals surface area contributed by atoms with Crippen LogP contribution in [0.4, 0.5) is 5.69 Å². The number of hydrogen-bond donors (Lipinski definition) is 3. The third kappa shape index (κ3) is 8.42. The van der Waals surface area contributed by atoms with E-state index in [2.05, 4.69) is 24.4 Å². The Bertz CT molecular complexity index is 1470. The Labute approximate surface area is 246 Å². The number of nitrogens with zero attached hydrogens (tertiary/aromatic N) is 3. The molecule has 0 saturated heterocycles. The molecule has 0 bridgehead atoms. The molecule has 1 saturated carbocycles. The molecule has 41 heavy (non-hydrogen) atoms. The smallest absolute Gasteiger partial charge is 0.261 e. The fraction of sp³-hybridized carbons (Fsp3) is 0.387. The summed E-state index contributed by atoms with van der Waals surface area (Å²) >= 11 is 1.36.